The molecule has 0 saturated heterocycles. The summed E-state index contributed by atoms with van der Waals surface area (Å²) in [6, 6.07) is 10.1. The van der Waals surface area contributed by atoms with Crippen LogP contribution < -0.4 is 10.6 Å². The molecule has 1 unspecified atom stereocenters. The Morgan fingerprint density at radius 2 is 1.95 bits per heavy atom. The van der Waals surface area contributed by atoms with Crippen LogP contribution in [0.2, 0.25) is 0 Å². The first-order valence-corrected chi connectivity index (χ1v) is 7.37. The maximum Gasteiger partial charge on any atom is 0.129 e. The van der Waals surface area contributed by atoms with Gasteiger partial charge in [0.1, 0.15) is 11.7 Å². The van der Waals surface area contributed by atoms with E-state index in [2.05, 4.69) is 25.7 Å². The number of anilines is 1. The molecule has 4 heteroatoms. The van der Waals surface area contributed by atoms with Crippen molar-refractivity contribution in [2.24, 2.45) is 11.7 Å². The fraction of sp³-hybridized carbons (Fsp3) is 0.412. The quantitative estimate of drug-likeness (QED) is 0.653. The monoisotopic (exact) mass is 284 g/mol. The van der Waals surface area contributed by atoms with Crippen molar-refractivity contribution in [1.29, 1.82) is 5.41 Å². The number of para-hydroxylation sites is 1. The molecule has 1 aromatic heterocycles. The number of nitrogens with one attached hydrogen (secondary N) is 1. The lowest BCUT2D eigenvalue weighted by atomic mass is 10.0. The molecule has 0 bridgehead atoms. The fourth-order valence-corrected chi connectivity index (χ4v) is 2.63. The molecule has 1 atom stereocenters. The highest BCUT2D eigenvalue weighted by Crippen LogP contribution is 2.24. The summed E-state index contributed by atoms with van der Waals surface area (Å²) >= 11 is 0. The standard InChI is InChI=1S/C17H24N4/c1-11(2)9-12(3)21(4)16-10-14(17(18)19)13-7-5-6-8-15(13)20-16/h5-8,10-12H,9H2,1-4H3,(H3,18,19). The number of hydrogen-bond donors (Lipinski definition) is 2. The molecule has 1 heterocycles. The Bertz CT molecular complexity index is 648. The summed E-state index contributed by atoms with van der Waals surface area (Å²) in [6.07, 6.45) is 1.10. The predicted octanol–water partition coefficient (Wildman–Crippen LogP) is 3.39. The van der Waals surface area contributed by atoms with Crippen LogP contribution in [0.1, 0.15) is 32.8 Å². The molecule has 2 rings (SSSR count). The van der Waals surface area contributed by atoms with Crippen LogP contribution in [0.25, 0.3) is 10.9 Å². The van der Waals surface area contributed by atoms with Gasteiger partial charge in [0.05, 0.1) is 5.52 Å². The minimum absolute atomic E-state index is 0.0831. The van der Waals surface area contributed by atoms with Crippen LogP contribution in [-0.2, 0) is 0 Å². The van der Waals surface area contributed by atoms with E-state index in [1.807, 2.05) is 37.4 Å². The number of benzene rings is 1. The van der Waals surface area contributed by atoms with Crippen LogP contribution in [0.3, 0.4) is 0 Å². The molecule has 1 aromatic carbocycles. The number of pyridine rings is 1. The van der Waals surface area contributed by atoms with Gasteiger partial charge in [-0.2, -0.15) is 0 Å². The molecular weight excluding hydrogens is 260 g/mol. The summed E-state index contributed by atoms with van der Waals surface area (Å²) in [6.45, 7) is 6.64. The topological polar surface area (TPSA) is 66.0 Å². The summed E-state index contributed by atoms with van der Waals surface area (Å²) in [4.78, 5) is 6.89. The highest BCUT2D eigenvalue weighted by Gasteiger charge is 2.15. The molecule has 4 nitrogen and oxygen atoms in total. The first-order valence-electron chi connectivity index (χ1n) is 7.37. The molecule has 0 amide bonds. The molecule has 0 saturated carbocycles. The van der Waals surface area contributed by atoms with Gasteiger partial charge in [-0.25, -0.2) is 4.98 Å². The summed E-state index contributed by atoms with van der Waals surface area (Å²) in [5.74, 6) is 1.59. The molecule has 2 aromatic rings. The van der Waals surface area contributed by atoms with Gasteiger partial charge in [-0.15, -0.1) is 0 Å². The van der Waals surface area contributed by atoms with Crippen LogP contribution in [0.15, 0.2) is 30.3 Å². The third kappa shape index (κ3) is 3.32. The van der Waals surface area contributed by atoms with Gasteiger partial charge >= 0.3 is 0 Å². The van der Waals surface area contributed by atoms with Crippen molar-refractivity contribution in [3.8, 4) is 0 Å². The minimum Gasteiger partial charge on any atom is -0.384 e. The highest BCUT2D eigenvalue weighted by atomic mass is 15.2. The number of nitrogens with two attached hydrogens (primary N) is 1. The average molecular weight is 284 g/mol. The first-order chi connectivity index (χ1) is 9.90. The number of fused-ring (bicyclic) bond motifs is 1. The largest absolute Gasteiger partial charge is 0.384 e. The number of rotatable bonds is 5. The van der Waals surface area contributed by atoms with Gasteiger partial charge < -0.3 is 10.6 Å². The lowest BCUT2D eigenvalue weighted by Crippen LogP contribution is -2.31. The van der Waals surface area contributed by atoms with Gasteiger partial charge in [-0.05, 0) is 31.4 Å². The van der Waals surface area contributed by atoms with Gasteiger partial charge in [0, 0.05) is 24.0 Å². The average Bonchev–Trinajstić information content (AvgIpc) is 2.44. The number of aromatic nitrogens is 1. The van der Waals surface area contributed by atoms with Gasteiger partial charge in [0.25, 0.3) is 0 Å². The summed E-state index contributed by atoms with van der Waals surface area (Å²) in [5.41, 5.74) is 7.37. The van der Waals surface area contributed by atoms with Crippen molar-refractivity contribution in [3.05, 3.63) is 35.9 Å². The zero-order valence-electron chi connectivity index (χ0n) is 13.2. The summed E-state index contributed by atoms with van der Waals surface area (Å²) < 4.78 is 0. The Balaban J connectivity index is 2.47. The Morgan fingerprint density at radius 1 is 1.29 bits per heavy atom. The first kappa shape index (κ1) is 15.3. The molecule has 112 valence electrons. The molecule has 0 radical (unpaired) electrons. The van der Waals surface area contributed by atoms with Gasteiger partial charge in [-0.1, -0.05) is 32.0 Å². The maximum atomic E-state index is 7.81. The summed E-state index contributed by atoms with van der Waals surface area (Å²) in [7, 11) is 2.05. The number of hydrogen-bond acceptors (Lipinski definition) is 3. The van der Waals surface area contributed by atoms with Gasteiger partial charge in [-0.3, -0.25) is 5.41 Å². The number of nitrogens with zero attached hydrogens (tertiary/aromatic N) is 2. The van der Waals surface area contributed by atoms with E-state index in [4.69, 9.17) is 16.1 Å². The van der Waals surface area contributed by atoms with Crippen LogP contribution in [0.4, 0.5) is 5.82 Å². The molecule has 0 aliphatic heterocycles. The minimum atomic E-state index is 0.0831. The lowest BCUT2D eigenvalue weighted by molar-refractivity contribution is 0.502. The van der Waals surface area contributed by atoms with Crippen LogP contribution >= 0.6 is 0 Å². The van der Waals surface area contributed by atoms with Gasteiger partial charge in [0.15, 0.2) is 0 Å². The number of amidine groups is 1. The fourth-order valence-electron chi connectivity index (χ4n) is 2.63. The molecule has 0 spiro atoms. The predicted molar refractivity (Wildman–Crippen MR) is 90.1 cm³/mol. The van der Waals surface area contributed by atoms with Crippen LogP contribution in [0.5, 0.6) is 0 Å². The van der Waals surface area contributed by atoms with E-state index >= 15 is 0 Å². The number of nitrogen functional groups attached to an aromatic ring is 1. The van der Waals surface area contributed by atoms with E-state index in [0.29, 0.717) is 12.0 Å². The molecule has 21 heavy (non-hydrogen) atoms. The molecule has 0 fully saturated rings. The van der Waals surface area contributed by atoms with Crippen molar-refractivity contribution in [3.63, 3.8) is 0 Å². The second kappa shape index (κ2) is 6.12. The highest BCUT2D eigenvalue weighted by molar-refractivity contribution is 6.07. The third-order valence-corrected chi connectivity index (χ3v) is 3.83. The van der Waals surface area contributed by atoms with E-state index in [1.165, 1.54) is 0 Å². The maximum absolute atomic E-state index is 7.81. The van der Waals surface area contributed by atoms with E-state index < -0.39 is 0 Å². The smallest absolute Gasteiger partial charge is 0.129 e. The zero-order chi connectivity index (χ0) is 15.6. The molecule has 0 aliphatic rings. The van der Waals surface area contributed by atoms with E-state index in [1.54, 1.807) is 0 Å². The lowest BCUT2D eigenvalue weighted by Gasteiger charge is -2.28. The second-order valence-corrected chi connectivity index (χ2v) is 6.05. The van der Waals surface area contributed by atoms with Gasteiger partial charge in [0.2, 0.25) is 0 Å². The van der Waals surface area contributed by atoms with Crippen LogP contribution in [0, 0.1) is 11.3 Å². The normalized spacial score (nSPS) is 12.6. The van der Waals surface area contributed by atoms with Crippen LogP contribution in [-0.4, -0.2) is 23.9 Å². The van der Waals surface area contributed by atoms with Crippen molar-refractivity contribution in [2.75, 3.05) is 11.9 Å². The Morgan fingerprint density at radius 3 is 2.57 bits per heavy atom. The molecule has 0 aliphatic carbocycles. The molecule has 3 N–H and O–H groups in total. The molecular formula is C17H24N4. The van der Waals surface area contributed by atoms with Crippen molar-refractivity contribution < 1.29 is 0 Å². The Hall–Kier alpha value is -2.10. The summed E-state index contributed by atoms with van der Waals surface area (Å²) in [5, 5.41) is 8.74. The zero-order valence-corrected chi connectivity index (χ0v) is 13.2. The second-order valence-electron chi connectivity index (χ2n) is 6.05. The Labute approximate surface area is 126 Å². The third-order valence-electron chi connectivity index (χ3n) is 3.83. The van der Waals surface area contributed by atoms with E-state index in [9.17, 15) is 0 Å². The van der Waals surface area contributed by atoms with Crippen molar-refractivity contribution >= 4 is 22.6 Å². The SMILES string of the molecule is CC(C)CC(C)N(C)c1cc(C(=N)N)c2ccccc2n1. The van der Waals surface area contributed by atoms with Crippen molar-refractivity contribution in [1.82, 2.24) is 4.98 Å². The van der Waals surface area contributed by atoms with E-state index in [0.717, 1.165) is 28.7 Å². The Kier molecular flexibility index (Phi) is 4.46. The van der Waals surface area contributed by atoms with E-state index in [-0.39, 0.29) is 5.84 Å². The van der Waals surface area contributed by atoms with Crippen molar-refractivity contribution in [2.45, 2.75) is 33.2 Å².